The van der Waals surface area contributed by atoms with Crippen LogP contribution in [0.25, 0.3) is 0 Å². The van der Waals surface area contributed by atoms with Crippen molar-refractivity contribution >= 4 is 5.91 Å². The van der Waals surface area contributed by atoms with Gasteiger partial charge in [0.05, 0.1) is 18.8 Å². The molecule has 0 aliphatic heterocycles. The van der Waals surface area contributed by atoms with E-state index >= 15 is 0 Å². The van der Waals surface area contributed by atoms with Crippen LogP contribution in [-0.4, -0.2) is 46.1 Å². The Morgan fingerprint density at radius 1 is 0.407 bits per heavy atom. The number of nitrogens with one attached hydrogen (secondary N) is 1. The average molecular weight is 830 g/mol. The fourth-order valence-electron chi connectivity index (χ4n) is 8.10. The predicted octanol–water partition coefficient (Wildman–Crippen LogP) is 15.9. The van der Waals surface area contributed by atoms with Gasteiger partial charge < -0.3 is 20.6 Å². The summed E-state index contributed by atoms with van der Waals surface area (Å²) in [6.07, 6.45) is 63.7. The van der Waals surface area contributed by atoms with Gasteiger partial charge in [-0.1, -0.05) is 269 Å². The number of unbranched alkanes of at least 4 members (excludes halogenated alkanes) is 36. The first-order chi connectivity index (χ1) is 29.1. The number of amides is 1. The highest BCUT2D eigenvalue weighted by Crippen LogP contribution is 2.17. The molecule has 3 unspecified atom stereocenters. The molecule has 59 heavy (non-hydrogen) atoms. The molecular weight excluding hydrogens is 727 g/mol. The number of hydrogen-bond donors (Lipinski definition) is 4. The van der Waals surface area contributed by atoms with Crippen molar-refractivity contribution < 1.29 is 20.1 Å². The van der Waals surface area contributed by atoms with Crippen molar-refractivity contribution in [2.24, 2.45) is 0 Å². The van der Waals surface area contributed by atoms with Crippen LogP contribution < -0.4 is 5.32 Å². The van der Waals surface area contributed by atoms with Crippen molar-refractivity contribution in [1.82, 2.24) is 5.32 Å². The van der Waals surface area contributed by atoms with E-state index in [9.17, 15) is 20.1 Å². The van der Waals surface area contributed by atoms with E-state index in [0.29, 0.717) is 6.42 Å². The quantitative estimate of drug-likeness (QED) is 0.0363. The Morgan fingerprint density at radius 2 is 0.695 bits per heavy atom. The Kier molecular flexibility index (Phi) is 48.0. The molecule has 0 spiro atoms. The second-order valence-corrected chi connectivity index (χ2v) is 18.1. The van der Waals surface area contributed by atoms with Gasteiger partial charge in [-0.2, -0.15) is 0 Å². The summed E-state index contributed by atoms with van der Waals surface area (Å²) >= 11 is 0. The number of hydrogen-bond acceptors (Lipinski definition) is 4. The van der Waals surface area contributed by atoms with Crippen LogP contribution in [0.2, 0.25) is 0 Å². The van der Waals surface area contributed by atoms with Crippen LogP contribution in [-0.2, 0) is 4.79 Å². The number of carbonyl (C=O) groups is 1. The van der Waals surface area contributed by atoms with Gasteiger partial charge in [-0.15, -0.1) is 0 Å². The van der Waals surface area contributed by atoms with E-state index in [1.54, 1.807) is 6.08 Å². The molecule has 5 heteroatoms. The molecule has 0 aromatic carbocycles. The van der Waals surface area contributed by atoms with Crippen molar-refractivity contribution in [2.75, 3.05) is 6.61 Å². The van der Waals surface area contributed by atoms with Crippen LogP contribution in [0.1, 0.15) is 277 Å². The maximum Gasteiger partial charge on any atom is 0.249 e. The molecule has 0 aromatic rings. The van der Waals surface area contributed by atoms with Crippen LogP contribution in [0.4, 0.5) is 0 Å². The average Bonchev–Trinajstić information content (AvgIpc) is 3.24. The maximum absolute atomic E-state index is 12.5. The van der Waals surface area contributed by atoms with E-state index in [4.69, 9.17) is 0 Å². The minimum Gasteiger partial charge on any atom is -0.394 e. The molecule has 0 aliphatic rings. The van der Waals surface area contributed by atoms with Gasteiger partial charge in [0, 0.05) is 0 Å². The minimum absolute atomic E-state index is 0.379. The third-order valence-electron chi connectivity index (χ3n) is 12.2. The fourth-order valence-corrected chi connectivity index (χ4v) is 8.10. The van der Waals surface area contributed by atoms with Crippen molar-refractivity contribution in [3.8, 4) is 0 Å². The van der Waals surface area contributed by atoms with E-state index in [1.165, 1.54) is 212 Å². The Hall–Kier alpha value is -1.43. The third-order valence-corrected chi connectivity index (χ3v) is 12.2. The highest BCUT2D eigenvalue weighted by Gasteiger charge is 2.22. The van der Waals surface area contributed by atoms with Crippen LogP contribution in [0.3, 0.4) is 0 Å². The van der Waals surface area contributed by atoms with E-state index in [-0.39, 0.29) is 6.61 Å². The molecule has 0 fully saturated rings. The molecule has 0 bridgehead atoms. The van der Waals surface area contributed by atoms with Gasteiger partial charge in [-0.3, -0.25) is 4.79 Å². The zero-order chi connectivity index (χ0) is 43.0. The SMILES string of the molecule is CCCCCC/C=C/CC/C=C/CC/C=C/C(O)C(CO)NC(=O)C(O)CCCCCCCCCCCCCCCCCCCCCCCCCCCCCCCCC. The summed E-state index contributed by atoms with van der Waals surface area (Å²) in [6.45, 7) is 4.16. The molecule has 0 rings (SSSR count). The van der Waals surface area contributed by atoms with Crippen molar-refractivity contribution in [3.05, 3.63) is 36.5 Å². The smallest absolute Gasteiger partial charge is 0.249 e. The summed E-state index contributed by atoms with van der Waals surface area (Å²) in [5.74, 6) is -0.514. The molecule has 5 nitrogen and oxygen atoms in total. The standard InChI is InChI=1S/C54H103NO4/c1-3-5-7-9-11-13-15-17-19-20-21-22-23-24-25-26-27-28-29-30-31-32-33-34-35-37-39-41-43-45-47-49-53(58)54(59)55-51(50-56)52(57)48-46-44-42-40-38-36-18-16-14-12-10-8-6-4-2/h14,16,38,40,46,48,51-53,56-58H,3-13,15,17-37,39,41-45,47,49-50H2,1-2H3,(H,55,59)/b16-14+,40-38+,48-46+. The molecular formula is C54H103NO4. The summed E-state index contributed by atoms with van der Waals surface area (Å²) < 4.78 is 0. The maximum atomic E-state index is 12.5. The Labute approximate surface area is 368 Å². The van der Waals surface area contributed by atoms with Crippen molar-refractivity contribution in [3.63, 3.8) is 0 Å². The van der Waals surface area contributed by atoms with Gasteiger partial charge in [0.2, 0.25) is 5.91 Å². The molecule has 0 heterocycles. The highest BCUT2D eigenvalue weighted by molar-refractivity contribution is 5.80. The number of carbonyl (C=O) groups excluding carboxylic acids is 1. The lowest BCUT2D eigenvalue weighted by Crippen LogP contribution is -2.48. The largest absolute Gasteiger partial charge is 0.394 e. The van der Waals surface area contributed by atoms with Crippen LogP contribution in [0.15, 0.2) is 36.5 Å². The molecule has 0 aromatic heterocycles. The molecule has 348 valence electrons. The van der Waals surface area contributed by atoms with Gasteiger partial charge in [0.25, 0.3) is 0 Å². The predicted molar refractivity (Wildman–Crippen MR) is 259 cm³/mol. The highest BCUT2D eigenvalue weighted by atomic mass is 16.3. The second kappa shape index (κ2) is 49.2. The Balaban J connectivity index is 3.52. The molecule has 0 aliphatic carbocycles. The first-order valence-electron chi connectivity index (χ1n) is 26.3. The molecule has 0 radical (unpaired) electrons. The van der Waals surface area contributed by atoms with Crippen LogP contribution in [0, 0.1) is 0 Å². The second-order valence-electron chi connectivity index (χ2n) is 18.1. The minimum atomic E-state index is -1.11. The van der Waals surface area contributed by atoms with E-state index in [0.717, 1.165) is 44.9 Å². The number of rotatable bonds is 48. The third kappa shape index (κ3) is 44.4. The summed E-state index contributed by atoms with van der Waals surface area (Å²) in [5.41, 5.74) is 0. The first-order valence-corrected chi connectivity index (χ1v) is 26.3. The topological polar surface area (TPSA) is 89.8 Å². The lowest BCUT2D eigenvalue weighted by molar-refractivity contribution is -0.131. The summed E-state index contributed by atoms with van der Waals surface area (Å²) in [5, 5.41) is 33.2. The van der Waals surface area contributed by atoms with Gasteiger partial charge in [0.1, 0.15) is 6.10 Å². The zero-order valence-corrected chi connectivity index (χ0v) is 39.6. The van der Waals surface area contributed by atoms with Gasteiger partial charge in [-0.05, 0) is 44.9 Å². The van der Waals surface area contributed by atoms with Gasteiger partial charge in [-0.25, -0.2) is 0 Å². The van der Waals surface area contributed by atoms with Gasteiger partial charge in [0.15, 0.2) is 0 Å². The van der Waals surface area contributed by atoms with E-state index in [2.05, 4.69) is 43.5 Å². The van der Waals surface area contributed by atoms with Gasteiger partial charge >= 0.3 is 0 Å². The number of allylic oxidation sites excluding steroid dienone is 5. The lowest BCUT2D eigenvalue weighted by atomic mass is 10.0. The van der Waals surface area contributed by atoms with Crippen LogP contribution >= 0.6 is 0 Å². The Morgan fingerprint density at radius 3 is 1.03 bits per heavy atom. The number of aliphatic hydroxyl groups excluding tert-OH is 3. The normalized spacial score (nSPS) is 13.6. The molecule has 0 saturated heterocycles. The Bertz CT molecular complexity index is 916. The summed E-state index contributed by atoms with van der Waals surface area (Å²) in [4.78, 5) is 12.5. The van der Waals surface area contributed by atoms with Crippen molar-refractivity contribution in [1.29, 1.82) is 0 Å². The summed E-state index contributed by atoms with van der Waals surface area (Å²) in [6, 6.07) is -0.819. The summed E-state index contributed by atoms with van der Waals surface area (Å²) in [7, 11) is 0. The van der Waals surface area contributed by atoms with E-state index < -0.39 is 24.2 Å². The molecule has 0 saturated carbocycles. The molecule has 1 amide bonds. The fraction of sp³-hybridized carbons (Fsp3) is 0.870. The monoisotopic (exact) mass is 830 g/mol. The molecule has 3 atom stereocenters. The number of aliphatic hydroxyl groups is 3. The lowest BCUT2D eigenvalue weighted by Gasteiger charge is -2.21. The van der Waals surface area contributed by atoms with Crippen LogP contribution in [0.5, 0.6) is 0 Å². The first kappa shape index (κ1) is 57.6. The zero-order valence-electron chi connectivity index (χ0n) is 39.6. The van der Waals surface area contributed by atoms with E-state index in [1.807, 2.05) is 6.08 Å². The molecule has 4 N–H and O–H groups in total. The van der Waals surface area contributed by atoms with Crippen molar-refractivity contribution in [2.45, 2.75) is 295 Å².